The zero-order chi connectivity index (χ0) is 15.0. The van der Waals surface area contributed by atoms with Crippen molar-refractivity contribution < 1.29 is 4.39 Å². The van der Waals surface area contributed by atoms with Crippen molar-refractivity contribution in [1.29, 1.82) is 0 Å². The van der Waals surface area contributed by atoms with Crippen LogP contribution >= 0.6 is 0 Å². The molecule has 0 aliphatic heterocycles. The predicted molar refractivity (Wildman–Crippen MR) is 82.5 cm³/mol. The Labute approximate surface area is 123 Å². The lowest BCUT2D eigenvalue weighted by Crippen LogP contribution is -2.19. The summed E-state index contributed by atoms with van der Waals surface area (Å²) >= 11 is 0. The molecule has 3 nitrogen and oxygen atoms in total. The van der Waals surface area contributed by atoms with Gasteiger partial charge in [-0.05, 0) is 43.7 Å². The number of rotatable bonds is 3. The second-order valence-corrected chi connectivity index (χ2v) is 5.45. The highest BCUT2D eigenvalue weighted by Crippen LogP contribution is 2.27. The van der Waals surface area contributed by atoms with Crippen molar-refractivity contribution in [3.8, 4) is 0 Å². The third kappa shape index (κ3) is 2.43. The Bertz CT molecular complexity index is 759. The number of aromatic nitrogens is 2. The minimum atomic E-state index is -0.375. The van der Waals surface area contributed by atoms with Gasteiger partial charge in [-0.2, -0.15) is 0 Å². The summed E-state index contributed by atoms with van der Waals surface area (Å²) in [7, 11) is 0. The third-order valence-electron chi connectivity index (χ3n) is 3.65. The Kier molecular flexibility index (Phi) is 3.47. The van der Waals surface area contributed by atoms with Gasteiger partial charge in [0.2, 0.25) is 0 Å². The third-order valence-corrected chi connectivity index (χ3v) is 3.65. The number of hydrogen-bond acceptors (Lipinski definition) is 2. The van der Waals surface area contributed by atoms with Gasteiger partial charge in [-0.3, -0.25) is 0 Å². The highest BCUT2D eigenvalue weighted by Gasteiger charge is 2.20. The topological polar surface area (TPSA) is 43.8 Å². The highest BCUT2D eigenvalue weighted by molar-refractivity contribution is 5.76. The largest absolute Gasteiger partial charge is 0.324 e. The van der Waals surface area contributed by atoms with Crippen molar-refractivity contribution in [1.82, 2.24) is 9.55 Å². The Morgan fingerprint density at radius 1 is 1.05 bits per heavy atom. The molecule has 0 fully saturated rings. The fourth-order valence-electron chi connectivity index (χ4n) is 2.64. The first kappa shape index (κ1) is 13.8. The average Bonchev–Trinajstić information content (AvgIpc) is 2.86. The van der Waals surface area contributed by atoms with E-state index in [1.165, 1.54) is 12.1 Å². The molecule has 3 aromatic rings. The molecule has 0 saturated carbocycles. The Balaban J connectivity index is 2.14. The van der Waals surface area contributed by atoms with Crippen molar-refractivity contribution in [3.05, 3.63) is 65.7 Å². The van der Waals surface area contributed by atoms with Crippen LogP contribution in [-0.2, 0) is 0 Å². The minimum absolute atomic E-state index is 0.249. The van der Waals surface area contributed by atoms with Gasteiger partial charge in [0, 0.05) is 6.04 Å². The molecule has 4 heteroatoms. The molecule has 0 saturated heterocycles. The standard InChI is InChI=1S/C17H18FN3/c1-11(2)21-15-6-4-3-5-14(15)20-17(21)16(19)12-7-9-13(18)10-8-12/h3-11,16H,19H2,1-2H3. The van der Waals surface area contributed by atoms with Crippen LogP contribution in [0.2, 0.25) is 0 Å². The van der Waals surface area contributed by atoms with Gasteiger partial charge in [-0.15, -0.1) is 0 Å². The van der Waals surface area contributed by atoms with Crippen LogP contribution in [0.25, 0.3) is 11.0 Å². The lowest BCUT2D eigenvalue weighted by Gasteiger charge is -2.18. The van der Waals surface area contributed by atoms with E-state index in [0.29, 0.717) is 0 Å². The fraction of sp³-hybridized carbons (Fsp3) is 0.235. The van der Waals surface area contributed by atoms with Gasteiger partial charge in [-0.1, -0.05) is 24.3 Å². The second kappa shape index (κ2) is 5.30. The molecule has 0 aliphatic rings. The molecular weight excluding hydrogens is 265 g/mol. The molecule has 1 aromatic heterocycles. The molecule has 0 radical (unpaired) electrons. The average molecular weight is 283 g/mol. The van der Waals surface area contributed by atoms with Crippen molar-refractivity contribution in [2.45, 2.75) is 25.9 Å². The molecule has 108 valence electrons. The highest BCUT2D eigenvalue weighted by atomic mass is 19.1. The molecule has 0 bridgehead atoms. The lowest BCUT2D eigenvalue weighted by atomic mass is 10.1. The zero-order valence-electron chi connectivity index (χ0n) is 12.1. The molecule has 0 amide bonds. The molecule has 0 aliphatic carbocycles. The summed E-state index contributed by atoms with van der Waals surface area (Å²) in [6, 6.07) is 14.1. The molecule has 2 N–H and O–H groups in total. The van der Waals surface area contributed by atoms with Crippen LogP contribution in [0.15, 0.2) is 48.5 Å². The molecule has 3 rings (SSSR count). The molecule has 1 unspecified atom stereocenters. The fourth-order valence-corrected chi connectivity index (χ4v) is 2.64. The maximum absolute atomic E-state index is 13.1. The van der Waals surface area contributed by atoms with E-state index in [9.17, 15) is 4.39 Å². The number of hydrogen-bond donors (Lipinski definition) is 1. The quantitative estimate of drug-likeness (QED) is 0.794. The normalized spacial score (nSPS) is 13.0. The molecule has 0 spiro atoms. The lowest BCUT2D eigenvalue weighted by molar-refractivity contribution is 0.566. The number of imidazole rings is 1. The van der Waals surface area contributed by atoms with Gasteiger partial charge >= 0.3 is 0 Å². The Morgan fingerprint density at radius 2 is 1.71 bits per heavy atom. The van der Waals surface area contributed by atoms with E-state index >= 15 is 0 Å². The van der Waals surface area contributed by atoms with E-state index in [1.54, 1.807) is 12.1 Å². The van der Waals surface area contributed by atoms with Gasteiger partial charge < -0.3 is 10.3 Å². The van der Waals surface area contributed by atoms with E-state index in [0.717, 1.165) is 22.4 Å². The van der Waals surface area contributed by atoms with E-state index < -0.39 is 0 Å². The van der Waals surface area contributed by atoms with Crippen molar-refractivity contribution >= 4 is 11.0 Å². The first-order valence-corrected chi connectivity index (χ1v) is 7.06. The van der Waals surface area contributed by atoms with Crippen molar-refractivity contribution in [3.63, 3.8) is 0 Å². The maximum atomic E-state index is 13.1. The van der Waals surface area contributed by atoms with Crippen molar-refractivity contribution in [2.24, 2.45) is 5.73 Å². The van der Waals surface area contributed by atoms with Gasteiger partial charge in [-0.25, -0.2) is 9.37 Å². The summed E-state index contributed by atoms with van der Waals surface area (Å²) in [5, 5.41) is 0. The Morgan fingerprint density at radius 3 is 2.38 bits per heavy atom. The summed E-state index contributed by atoms with van der Waals surface area (Å²) in [4.78, 5) is 4.68. The number of para-hydroxylation sites is 2. The second-order valence-electron chi connectivity index (χ2n) is 5.45. The molecule has 1 atom stereocenters. The van der Waals surface area contributed by atoms with Crippen LogP contribution in [0, 0.1) is 5.82 Å². The number of benzene rings is 2. The molecule has 2 aromatic carbocycles. The Hall–Kier alpha value is -2.20. The number of halogens is 1. The van der Waals surface area contributed by atoms with E-state index in [2.05, 4.69) is 23.4 Å². The number of nitrogens with two attached hydrogens (primary N) is 1. The minimum Gasteiger partial charge on any atom is -0.324 e. The van der Waals surface area contributed by atoms with Crippen LogP contribution in [0.4, 0.5) is 4.39 Å². The number of nitrogens with zero attached hydrogens (tertiary/aromatic N) is 2. The van der Waals surface area contributed by atoms with Crippen LogP contribution in [-0.4, -0.2) is 9.55 Å². The maximum Gasteiger partial charge on any atom is 0.131 e. The van der Waals surface area contributed by atoms with Gasteiger partial charge in [0.05, 0.1) is 17.1 Å². The monoisotopic (exact) mass is 283 g/mol. The smallest absolute Gasteiger partial charge is 0.131 e. The van der Waals surface area contributed by atoms with E-state index in [4.69, 9.17) is 5.73 Å². The van der Waals surface area contributed by atoms with Crippen LogP contribution in [0.3, 0.4) is 0 Å². The molecular formula is C17H18FN3. The van der Waals surface area contributed by atoms with E-state index in [-0.39, 0.29) is 17.9 Å². The molecule has 21 heavy (non-hydrogen) atoms. The van der Waals surface area contributed by atoms with Crippen LogP contribution in [0.1, 0.15) is 37.3 Å². The van der Waals surface area contributed by atoms with Crippen LogP contribution in [0.5, 0.6) is 0 Å². The van der Waals surface area contributed by atoms with Gasteiger partial charge in [0.1, 0.15) is 11.6 Å². The first-order chi connectivity index (χ1) is 10.1. The zero-order valence-corrected chi connectivity index (χ0v) is 12.1. The summed E-state index contributed by atoms with van der Waals surface area (Å²) in [5.74, 6) is 0.543. The van der Waals surface area contributed by atoms with E-state index in [1.807, 2.05) is 24.3 Å². The summed E-state index contributed by atoms with van der Waals surface area (Å²) in [6.07, 6.45) is 0. The van der Waals surface area contributed by atoms with Gasteiger partial charge in [0.15, 0.2) is 0 Å². The van der Waals surface area contributed by atoms with Crippen molar-refractivity contribution in [2.75, 3.05) is 0 Å². The summed E-state index contributed by atoms with van der Waals surface area (Å²) in [5.41, 5.74) is 9.22. The number of fused-ring (bicyclic) bond motifs is 1. The summed E-state index contributed by atoms with van der Waals surface area (Å²) < 4.78 is 15.2. The van der Waals surface area contributed by atoms with Gasteiger partial charge in [0.25, 0.3) is 0 Å². The summed E-state index contributed by atoms with van der Waals surface area (Å²) in [6.45, 7) is 4.21. The first-order valence-electron chi connectivity index (χ1n) is 7.06. The predicted octanol–water partition coefficient (Wildman–Crippen LogP) is 3.80. The van der Waals surface area contributed by atoms with Crippen LogP contribution < -0.4 is 5.73 Å². The SMILES string of the molecule is CC(C)n1c(C(N)c2ccc(F)cc2)nc2ccccc21. The molecule has 1 heterocycles.